The summed E-state index contributed by atoms with van der Waals surface area (Å²) < 4.78 is 6.56. The lowest BCUT2D eigenvalue weighted by Crippen LogP contribution is -2.35. The van der Waals surface area contributed by atoms with Gasteiger partial charge in [-0.1, -0.05) is 12.1 Å². The predicted octanol–water partition coefficient (Wildman–Crippen LogP) is 2.59. The molecule has 1 N–H and O–H groups in total. The van der Waals surface area contributed by atoms with E-state index < -0.39 is 0 Å². The molecule has 3 nitrogen and oxygen atoms in total. The van der Waals surface area contributed by atoms with E-state index in [9.17, 15) is 4.79 Å². The molecule has 1 amide bonds. The summed E-state index contributed by atoms with van der Waals surface area (Å²) in [6, 6.07) is 7.60. The molecule has 4 heteroatoms. The minimum absolute atomic E-state index is 0.0100. The van der Waals surface area contributed by atoms with Crippen LogP contribution in [0.1, 0.15) is 29.6 Å². The highest BCUT2D eigenvalue weighted by molar-refractivity contribution is 14.1. The van der Waals surface area contributed by atoms with E-state index in [4.69, 9.17) is 4.74 Å². The zero-order valence-corrected chi connectivity index (χ0v) is 11.8. The van der Waals surface area contributed by atoms with Crippen LogP contribution in [0, 0.1) is 3.57 Å². The third kappa shape index (κ3) is 3.67. The molecule has 1 aromatic rings. The molecule has 92 valence electrons. The monoisotopic (exact) mass is 345 g/mol. The highest BCUT2D eigenvalue weighted by atomic mass is 127. The van der Waals surface area contributed by atoms with Gasteiger partial charge in [-0.3, -0.25) is 4.79 Å². The molecule has 1 atom stereocenters. The summed E-state index contributed by atoms with van der Waals surface area (Å²) in [5.74, 6) is -0.0100. The van der Waals surface area contributed by atoms with Crippen molar-refractivity contribution in [1.82, 2.24) is 5.32 Å². The number of ether oxygens (including phenoxy) is 1. The smallest absolute Gasteiger partial charge is 0.252 e. The van der Waals surface area contributed by atoms with E-state index in [0.29, 0.717) is 6.54 Å². The zero-order chi connectivity index (χ0) is 12.1. The number of carbonyl (C=O) groups is 1. The SMILES string of the molecule is O=C(NCC1CCCCO1)c1ccccc1I. The van der Waals surface area contributed by atoms with Gasteiger partial charge in [0.05, 0.1) is 11.7 Å². The van der Waals surface area contributed by atoms with Crippen LogP contribution in [0.15, 0.2) is 24.3 Å². The van der Waals surface area contributed by atoms with Gasteiger partial charge in [0.25, 0.3) is 5.91 Å². The number of carbonyl (C=O) groups excluding carboxylic acids is 1. The van der Waals surface area contributed by atoms with E-state index in [0.717, 1.165) is 28.6 Å². The van der Waals surface area contributed by atoms with Crippen molar-refractivity contribution in [3.8, 4) is 0 Å². The molecule has 0 radical (unpaired) electrons. The molecule has 0 bridgehead atoms. The van der Waals surface area contributed by atoms with Gasteiger partial charge in [0.1, 0.15) is 0 Å². The fourth-order valence-corrected chi connectivity index (χ4v) is 2.55. The molecule has 0 aliphatic carbocycles. The second-order valence-electron chi connectivity index (χ2n) is 4.18. The Morgan fingerprint density at radius 3 is 2.94 bits per heavy atom. The Kier molecular flexibility index (Phi) is 4.79. The molecule has 17 heavy (non-hydrogen) atoms. The number of benzene rings is 1. The summed E-state index contributed by atoms with van der Waals surface area (Å²) >= 11 is 2.18. The van der Waals surface area contributed by atoms with Crippen molar-refractivity contribution in [1.29, 1.82) is 0 Å². The summed E-state index contributed by atoms with van der Waals surface area (Å²) in [5, 5.41) is 2.94. The molecule has 1 fully saturated rings. The Hall–Kier alpha value is -0.620. The minimum atomic E-state index is -0.0100. The van der Waals surface area contributed by atoms with Gasteiger partial charge in [-0.05, 0) is 54.0 Å². The minimum Gasteiger partial charge on any atom is -0.376 e. The van der Waals surface area contributed by atoms with Crippen molar-refractivity contribution >= 4 is 28.5 Å². The van der Waals surface area contributed by atoms with Gasteiger partial charge in [0.2, 0.25) is 0 Å². The molecule has 0 saturated carbocycles. The van der Waals surface area contributed by atoms with Crippen LogP contribution in [0.4, 0.5) is 0 Å². The first kappa shape index (κ1) is 12.8. The zero-order valence-electron chi connectivity index (χ0n) is 9.62. The molecule has 0 aromatic heterocycles. The second-order valence-corrected chi connectivity index (χ2v) is 5.34. The lowest BCUT2D eigenvalue weighted by atomic mass is 10.1. The maximum Gasteiger partial charge on any atom is 0.252 e. The lowest BCUT2D eigenvalue weighted by molar-refractivity contribution is 0.0169. The van der Waals surface area contributed by atoms with Crippen LogP contribution in [0.5, 0.6) is 0 Å². The molecule has 1 aliphatic rings. The van der Waals surface area contributed by atoms with E-state index in [1.165, 1.54) is 6.42 Å². The van der Waals surface area contributed by atoms with Crippen molar-refractivity contribution in [2.45, 2.75) is 25.4 Å². The van der Waals surface area contributed by atoms with Crippen LogP contribution in [0.3, 0.4) is 0 Å². The average Bonchev–Trinajstić information content (AvgIpc) is 2.38. The van der Waals surface area contributed by atoms with Gasteiger partial charge in [-0.25, -0.2) is 0 Å². The summed E-state index contributed by atoms with van der Waals surface area (Å²) in [5.41, 5.74) is 0.740. The first-order valence-electron chi connectivity index (χ1n) is 5.91. The highest BCUT2D eigenvalue weighted by Gasteiger charge is 2.15. The van der Waals surface area contributed by atoms with E-state index in [1.807, 2.05) is 24.3 Å². The normalized spacial score (nSPS) is 19.9. The molecule has 2 rings (SSSR count). The van der Waals surface area contributed by atoms with Gasteiger partial charge in [0, 0.05) is 16.7 Å². The summed E-state index contributed by atoms with van der Waals surface area (Å²) in [4.78, 5) is 11.9. The molecule has 0 spiro atoms. The third-order valence-corrected chi connectivity index (χ3v) is 3.82. The molecule has 1 aromatic carbocycles. The van der Waals surface area contributed by atoms with Crippen LogP contribution < -0.4 is 5.32 Å². The largest absolute Gasteiger partial charge is 0.376 e. The van der Waals surface area contributed by atoms with Gasteiger partial charge in [-0.2, -0.15) is 0 Å². The van der Waals surface area contributed by atoms with Crippen molar-refractivity contribution in [2.75, 3.05) is 13.2 Å². The summed E-state index contributed by atoms with van der Waals surface area (Å²) in [6.07, 6.45) is 3.57. The molecule has 1 heterocycles. The molecule has 1 aliphatic heterocycles. The Labute approximate surface area is 115 Å². The van der Waals surface area contributed by atoms with Gasteiger partial charge < -0.3 is 10.1 Å². The molecular formula is C13H16INO2. The number of rotatable bonds is 3. The number of amides is 1. The Balaban J connectivity index is 1.87. The van der Waals surface area contributed by atoms with Crippen LogP contribution in [-0.4, -0.2) is 25.2 Å². The highest BCUT2D eigenvalue weighted by Crippen LogP contribution is 2.13. The topological polar surface area (TPSA) is 38.3 Å². The maximum absolute atomic E-state index is 11.9. The van der Waals surface area contributed by atoms with Crippen molar-refractivity contribution < 1.29 is 9.53 Å². The molecule has 1 saturated heterocycles. The van der Waals surface area contributed by atoms with Crippen molar-refractivity contribution in [3.05, 3.63) is 33.4 Å². The Morgan fingerprint density at radius 2 is 2.24 bits per heavy atom. The number of halogens is 1. The average molecular weight is 345 g/mol. The second kappa shape index (κ2) is 6.35. The third-order valence-electron chi connectivity index (χ3n) is 2.88. The van der Waals surface area contributed by atoms with Gasteiger partial charge in [-0.15, -0.1) is 0 Å². The van der Waals surface area contributed by atoms with Crippen LogP contribution in [0.2, 0.25) is 0 Å². The van der Waals surface area contributed by atoms with Gasteiger partial charge >= 0.3 is 0 Å². The van der Waals surface area contributed by atoms with E-state index in [1.54, 1.807) is 0 Å². The van der Waals surface area contributed by atoms with Crippen LogP contribution >= 0.6 is 22.6 Å². The summed E-state index contributed by atoms with van der Waals surface area (Å²) in [7, 11) is 0. The number of hydrogen-bond acceptors (Lipinski definition) is 2. The Bertz CT molecular complexity index is 389. The fraction of sp³-hybridized carbons (Fsp3) is 0.462. The van der Waals surface area contributed by atoms with Crippen molar-refractivity contribution in [3.63, 3.8) is 0 Å². The van der Waals surface area contributed by atoms with Crippen LogP contribution in [-0.2, 0) is 4.74 Å². The molecular weight excluding hydrogens is 329 g/mol. The molecule has 1 unspecified atom stereocenters. The standard InChI is InChI=1S/C13H16INO2/c14-12-7-2-1-6-11(12)13(16)15-9-10-5-3-4-8-17-10/h1-2,6-7,10H,3-5,8-9H2,(H,15,16). The quantitative estimate of drug-likeness (QED) is 0.856. The number of hydrogen-bond donors (Lipinski definition) is 1. The van der Waals surface area contributed by atoms with E-state index in [-0.39, 0.29) is 12.0 Å². The van der Waals surface area contributed by atoms with Crippen molar-refractivity contribution in [2.24, 2.45) is 0 Å². The van der Waals surface area contributed by atoms with E-state index >= 15 is 0 Å². The Morgan fingerprint density at radius 1 is 1.41 bits per heavy atom. The number of nitrogens with one attached hydrogen (secondary N) is 1. The van der Waals surface area contributed by atoms with Crippen LogP contribution in [0.25, 0.3) is 0 Å². The maximum atomic E-state index is 11.9. The first-order valence-corrected chi connectivity index (χ1v) is 6.99. The predicted molar refractivity (Wildman–Crippen MR) is 75.1 cm³/mol. The lowest BCUT2D eigenvalue weighted by Gasteiger charge is -2.22. The summed E-state index contributed by atoms with van der Waals surface area (Å²) in [6.45, 7) is 1.44. The fourth-order valence-electron chi connectivity index (χ4n) is 1.92. The van der Waals surface area contributed by atoms with Gasteiger partial charge in [0.15, 0.2) is 0 Å². The first-order chi connectivity index (χ1) is 8.27. The van der Waals surface area contributed by atoms with E-state index in [2.05, 4.69) is 27.9 Å².